The van der Waals surface area contributed by atoms with E-state index in [2.05, 4.69) is 32.9 Å². The van der Waals surface area contributed by atoms with Crippen molar-refractivity contribution in [3.8, 4) is 0 Å². The topological polar surface area (TPSA) is 42.0 Å². The second kappa shape index (κ2) is 5.81. The third-order valence-corrected chi connectivity index (χ3v) is 3.88. The number of rotatable bonds is 2. The molecule has 3 rings (SSSR count). The van der Waals surface area contributed by atoms with Crippen molar-refractivity contribution in [2.45, 2.75) is 6.92 Å². The summed E-state index contributed by atoms with van der Waals surface area (Å²) in [5.74, 6) is 0.464. The molecule has 3 nitrogen and oxygen atoms in total. The average Bonchev–Trinajstić information content (AvgIpc) is 2.49. The molecule has 1 N–H and O–H groups in total. The molecule has 2 aromatic carbocycles. The van der Waals surface area contributed by atoms with Crippen molar-refractivity contribution in [2.24, 2.45) is 0 Å². The zero-order valence-corrected chi connectivity index (χ0v) is 13.6. The Morgan fingerprint density at radius 3 is 2.62 bits per heavy atom. The Kier molecular flexibility index (Phi) is 3.88. The highest BCUT2D eigenvalue weighted by Crippen LogP contribution is 2.18. The van der Waals surface area contributed by atoms with Crippen LogP contribution in [0.15, 0.2) is 54.7 Å². The van der Waals surface area contributed by atoms with E-state index in [9.17, 15) is 4.79 Å². The van der Waals surface area contributed by atoms with Gasteiger partial charge in [-0.25, -0.2) is 4.98 Å². The highest BCUT2D eigenvalue weighted by atomic mass is 127. The number of anilines is 1. The molecule has 21 heavy (non-hydrogen) atoms. The van der Waals surface area contributed by atoms with Crippen LogP contribution in [0.5, 0.6) is 0 Å². The number of pyridine rings is 1. The normalized spacial score (nSPS) is 10.6. The summed E-state index contributed by atoms with van der Waals surface area (Å²) >= 11 is 2.20. The Bertz CT molecular complexity index is 830. The molecule has 104 valence electrons. The number of hydrogen-bond donors (Lipinski definition) is 1. The maximum atomic E-state index is 12.3. The van der Waals surface area contributed by atoms with E-state index in [0.29, 0.717) is 11.4 Å². The van der Waals surface area contributed by atoms with E-state index < -0.39 is 0 Å². The third-order valence-electron chi connectivity index (χ3n) is 3.29. The zero-order valence-electron chi connectivity index (χ0n) is 11.4. The second-order valence-electron chi connectivity index (χ2n) is 4.84. The number of carbonyl (C=O) groups excluding carboxylic acids is 1. The highest BCUT2D eigenvalue weighted by Gasteiger charge is 2.09. The number of nitrogens with zero attached hydrogens (tertiary/aromatic N) is 1. The van der Waals surface area contributed by atoms with Crippen molar-refractivity contribution in [1.29, 1.82) is 0 Å². The minimum Gasteiger partial charge on any atom is -0.306 e. The Morgan fingerprint density at radius 1 is 1.10 bits per heavy atom. The minimum absolute atomic E-state index is 0.141. The van der Waals surface area contributed by atoms with Gasteiger partial charge in [-0.15, -0.1) is 0 Å². The summed E-state index contributed by atoms with van der Waals surface area (Å²) < 4.78 is 1.05. The number of nitrogens with one attached hydrogen (secondary N) is 1. The Morgan fingerprint density at radius 2 is 1.86 bits per heavy atom. The van der Waals surface area contributed by atoms with Gasteiger partial charge >= 0.3 is 0 Å². The van der Waals surface area contributed by atoms with Crippen molar-refractivity contribution < 1.29 is 4.79 Å². The largest absolute Gasteiger partial charge is 0.306 e. The van der Waals surface area contributed by atoms with Gasteiger partial charge in [0.25, 0.3) is 5.91 Å². The fourth-order valence-electron chi connectivity index (χ4n) is 2.18. The average molecular weight is 388 g/mol. The molecule has 3 aromatic rings. The van der Waals surface area contributed by atoms with E-state index in [-0.39, 0.29) is 5.91 Å². The summed E-state index contributed by atoms with van der Waals surface area (Å²) in [7, 11) is 0. The molecule has 0 atom stereocenters. The van der Waals surface area contributed by atoms with Crippen LogP contribution < -0.4 is 5.32 Å². The van der Waals surface area contributed by atoms with Crippen molar-refractivity contribution >= 4 is 45.1 Å². The molecule has 1 aromatic heterocycles. The van der Waals surface area contributed by atoms with Crippen molar-refractivity contribution in [1.82, 2.24) is 4.98 Å². The lowest BCUT2D eigenvalue weighted by Gasteiger charge is -2.08. The molecule has 0 spiro atoms. The first kappa shape index (κ1) is 14.0. The number of amides is 1. The smallest absolute Gasteiger partial charge is 0.256 e. The van der Waals surface area contributed by atoms with Crippen LogP contribution in [0.25, 0.3) is 10.8 Å². The summed E-state index contributed by atoms with van der Waals surface area (Å²) in [5.41, 5.74) is 1.59. The van der Waals surface area contributed by atoms with E-state index in [1.807, 2.05) is 55.5 Å². The van der Waals surface area contributed by atoms with E-state index in [1.54, 1.807) is 6.20 Å². The lowest BCUT2D eigenvalue weighted by Crippen LogP contribution is -2.14. The maximum Gasteiger partial charge on any atom is 0.256 e. The Hall–Kier alpha value is -1.95. The molecule has 0 fully saturated rings. The fourth-order valence-corrected chi connectivity index (χ4v) is 2.79. The predicted octanol–water partition coefficient (Wildman–Crippen LogP) is 4.40. The second-order valence-corrected chi connectivity index (χ2v) is 6.08. The van der Waals surface area contributed by atoms with Gasteiger partial charge in [0, 0.05) is 15.3 Å². The number of aryl methyl sites for hydroxylation is 1. The maximum absolute atomic E-state index is 12.3. The van der Waals surface area contributed by atoms with Gasteiger partial charge in [0.05, 0.1) is 0 Å². The Labute approximate surface area is 136 Å². The van der Waals surface area contributed by atoms with E-state index >= 15 is 0 Å². The molecule has 0 saturated carbocycles. The molecule has 0 aliphatic rings. The standard InChI is InChI=1S/C17H13IN2O/c1-11-8-15(18)10-19-16(11)20-17(21)14-7-6-12-4-2-3-5-13(12)9-14/h2-10H,1H3,(H,19,20,21). The third kappa shape index (κ3) is 3.05. The summed E-state index contributed by atoms with van der Waals surface area (Å²) in [6.45, 7) is 1.94. The molecule has 4 heteroatoms. The molecule has 0 aliphatic heterocycles. The van der Waals surface area contributed by atoms with Gasteiger partial charge in [0.1, 0.15) is 5.82 Å². The van der Waals surface area contributed by atoms with Crippen LogP contribution in [0.3, 0.4) is 0 Å². The summed E-state index contributed by atoms with van der Waals surface area (Å²) in [5, 5.41) is 5.04. The lowest BCUT2D eigenvalue weighted by atomic mass is 10.1. The highest BCUT2D eigenvalue weighted by molar-refractivity contribution is 14.1. The predicted molar refractivity (Wildman–Crippen MR) is 93.6 cm³/mol. The number of hydrogen-bond acceptors (Lipinski definition) is 2. The van der Waals surface area contributed by atoms with Crippen LogP contribution in [0.1, 0.15) is 15.9 Å². The molecule has 1 amide bonds. The van der Waals surface area contributed by atoms with Crippen molar-refractivity contribution in [3.63, 3.8) is 0 Å². The molecule has 0 radical (unpaired) electrons. The SMILES string of the molecule is Cc1cc(I)cnc1NC(=O)c1ccc2ccccc2c1. The molecule has 0 unspecified atom stereocenters. The zero-order chi connectivity index (χ0) is 14.8. The first-order valence-corrected chi connectivity index (χ1v) is 7.64. The number of halogens is 1. The van der Waals surface area contributed by atoms with Crippen LogP contribution in [0.4, 0.5) is 5.82 Å². The van der Waals surface area contributed by atoms with Crippen molar-refractivity contribution in [3.05, 3.63) is 69.4 Å². The number of benzene rings is 2. The molecule has 0 bridgehead atoms. The quantitative estimate of drug-likeness (QED) is 0.662. The van der Waals surface area contributed by atoms with Gasteiger partial charge in [0.2, 0.25) is 0 Å². The molecule has 0 aliphatic carbocycles. The van der Waals surface area contributed by atoms with Crippen LogP contribution in [-0.2, 0) is 0 Å². The molecular formula is C17H13IN2O. The minimum atomic E-state index is -0.141. The summed E-state index contributed by atoms with van der Waals surface area (Å²) in [6, 6.07) is 15.7. The number of aromatic nitrogens is 1. The van der Waals surface area contributed by atoms with Gasteiger partial charge in [-0.05, 0) is 64.0 Å². The number of carbonyl (C=O) groups is 1. The van der Waals surface area contributed by atoms with Crippen LogP contribution in [0, 0.1) is 10.5 Å². The van der Waals surface area contributed by atoms with Crippen LogP contribution in [-0.4, -0.2) is 10.9 Å². The molecule has 1 heterocycles. The van der Waals surface area contributed by atoms with Gasteiger partial charge in [0.15, 0.2) is 0 Å². The summed E-state index contributed by atoms with van der Waals surface area (Å²) in [4.78, 5) is 16.6. The van der Waals surface area contributed by atoms with E-state index in [4.69, 9.17) is 0 Å². The fraction of sp³-hybridized carbons (Fsp3) is 0.0588. The molecule has 0 saturated heterocycles. The van der Waals surface area contributed by atoms with Crippen molar-refractivity contribution in [2.75, 3.05) is 5.32 Å². The van der Waals surface area contributed by atoms with Gasteiger partial charge in [-0.2, -0.15) is 0 Å². The Balaban J connectivity index is 1.89. The van der Waals surface area contributed by atoms with Crippen LogP contribution >= 0.6 is 22.6 Å². The van der Waals surface area contributed by atoms with Gasteiger partial charge in [-0.1, -0.05) is 30.3 Å². The summed E-state index contributed by atoms with van der Waals surface area (Å²) in [6.07, 6.45) is 1.74. The van der Waals surface area contributed by atoms with Gasteiger partial charge in [-0.3, -0.25) is 4.79 Å². The van der Waals surface area contributed by atoms with E-state index in [1.165, 1.54) is 0 Å². The van der Waals surface area contributed by atoms with Gasteiger partial charge < -0.3 is 5.32 Å². The first-order chi connectivity index (χ1) is 10.1. The lowest BCUT2D eigenvalue weighted by molar-refractivity contribution is 0.102. The molecular weight excluding hydrogens is 375 g/mol. The number of fused-ring (bicyclic) bond motifs is 1. The van der Waals surface area contributed by atoms with E-state index in [0.717, 1.165) is 19.9 Å². The van der Waals surface area contributed by atoms with Crippen LogP contribution in [0.2, 0.25) is 0 Å². The first-order valence-electron chi connectivity index (χ1n) is 6.56. The monoisotopic (exact) mass is 388 g/mol.